The Hall–Kier alpha value is -1.96. The topological polar surface area (TPSA) is 87.3 Å². The first-order valence-electron chi connectivity index (χ1n) is 5.74. The first kappa shape index (κ1) is 14.4. The highest BCUT2D eigenvalue weighted by Gasteiger charge is 2.24. The molecule has 0 fully saturated rings. The van der Waals surface area contributed by atoms with Crippen LogP contribution in [-0.4, -0.2) is 26.2 Å². The smallest absolute Gasteiger partial charge is 0.420 e. The van der Waals surface area contributed by atoms with Crippen LogP contribution < -0.4 is 0 Å². The SMILES string of the molecule is CC(C)(C)OC(=O)n1cc(Br)c2c([N+](=O)[O-])ccnc21. The van der Waals surface area contributed by atoms with Gasteiger partial charge in [-0.1, -0.05) is 0 Å². The van der Waals surface area contributed by atoms with Gasteiger partial charge >= 0.3 is 6.09 Å². The van der Waals surface area contributed by atoms with Crippen molar-refractivity contribution in [2.45, 2.75) is 26.4 Å². The lowest BCUT2D eigenvalue weighted by Gasteiger charge is -2.19. The first-order chi connectivity index (χ1) is 9.20. The predicted octanol–water partition coefficient (Wildman–Crippen LogP) is 3.49. The van der Waals surface area contributed by atoms with Gasteiger partial charge in [-0.05, 0) is 36.7 Å². The fourth-order valence-corrected chi connectivity index (χ4v) is 2.28. The van der Waals surface area contributed by atoms with Gasteiger partial charge in [-0.25, -0.2) is 14.3 Å². The second-order valence-corrected chi connectivity index (χ2v) is 5.97. The molecule has 0 saturated heterocycles. The van der Waals surface area contributed by atoms with Gasteiger partial charge in [-0.2, -0.15) is 0 Å². The van der Waals surface area contributed by atoms with Gasteiger partial charge < -0.3 is 4.74 Å². The molecule has 0 N–H and O–H groups in total. The van der Waals surface area contributed by atoms with Crippen LogP contribution in [0.15, 0.2) is 22.9 Å². The number of hydrogen-bond acceptors (Lipinski definition) is 5. The maximum absolute atomic E-state index is 12.1. The van der Waals surface area contributed by atoms with E-state index in [2.05, 4.69) is 20.9 Å². The highest BCUT2D eigenvalue weighted by Crippen LogP contribution is 2.32. The standard InChI is InChI=1S/C12H12BrN3O4/c1-12(2,3)20-11(17)15-6-7(13)9-8(16(18)19)4-5-14-10(9)15/h4-6H,1-3H3. The van der Waals surface area contributed by atoms with Crippen molar-refractivity contribution < 1.29 is 14.5 Å². The van der Waals surface area contributed by atoms with E-state index >= 15 is 0 Å². The van der Waals surface area contributed by atoms with Crippen LogP contribution >= 0.6 is 15.9 Å². The summed E-state index contributed by atoms with van der Waals surface area (Å²) < 4.78 is 6.80. The predicted molar refractivity (Wildman–Crippen MR) is 75.7 cm³/mol. The number of carbonyl (C=O) groups excluding carboxylic acids is 1. The number of hydrogen-bond donors (Lipinski definition) is 0. The van der Waals surface area contributed by atoms with Gasteiger partial charge in [0, 0.05) is 18.5 Å². The first-order valence-corrected chi connectivity index (χ1v) is 6.53. The van der Waals surface area contributed by atoms with Crippen LogP contribution in [0.4, 0.5) is 10.5 Å². The summed E-state index contributed by atoms with van der Waals surface area (Å²) in [4.78, 5) is 26.6. The van der Waals surface area contributed by atoms with Gasteiger partial charge in [-0.15, -0.1) is 0 Å². The number of ether oxygens (including phenoxy) is 1. The van der Waals surface area contributed by atoms with Gasteiger partial charge in [0.2, 0.25) is 0 Å². The van der Waals surface area contributed by atoms with Crippen molar-refractivity contribution in [2.75, 3.05) is 0 Å². The largest absolute Gasteiger partial charge is 0.443 e. The molecule has 0 spiro atoms. The van der Waals surface area contributed by atoms with E-state index in [9.17, 15) is 14.9 Å². The molecule has 20 heavy (non-hydrogen) atoms. The second-order valence-electron chi connectivity index (χ2n) is 5.11. The van der Waals surface area contributed by atoms with Crippen molar-refractivity contribution in [3.63, 3.8) is 0 Å². The normalized spacial score (nSPS) is 11.6. The Morgan fingerprint density at radius 3 is 2.70 bits per heavy atom. The third-order valence-corrected chi connectivity index (χ3v) is 3.01. The molecule has 106 valence electrons. The molecule has 0 unspecified atom stereocenters. The van der Waals surface area contributed by atoms with Crippen molar-refractivity contribution in [2.24, 2.45) is 0 Å². The molecule has 8 heteroatoms. The van der Waals surface area contributed by atoms with Crippen LogP contribution in [0.25, 0.3) is 11.0 Å². The minimum Gasteiger partial charge on any atom is -0.443 e. The average molecular weight is 342 g/mol. The molecular formula is C12H12BrN3O4. The zero-order chi connectivity index (χ0) is 15.1. The van der Waals surface area contributed by atoms with Gasteiger partial charge in [0.1, 0.15) is 11.0 Å². The van der Waals surface area contributed by atoms with Crippen molar-refractivity contribution in [1.29, 1.82) is 0 Å². The third-order valence-electron chi connectivity index (χ3n) is 2.41. The van der Waals surface area contributed by atoms with E-state index in [0.29, 0.717) is 4.47 Å². The van der Waals surface area contributed by atoms with E-state index in [1.165, 1.54) is 18.5 Å². The van der Waals surface area contributed by atoms with Crippen LogP contribution in [0.2, 0.25) is 0 Å². The van der Waals surface area contributed by atoms with Crippen LogP contribution in [0.3, 0.4) is 0 Å². The highest BCUT2D eigenvalue weighted by molar-refractivity contribution is 9.10. The van der Waals surface area contributed by atoms with Crippen LogP contribution in [-0.2, 0) is 4.74 Å². The summed E-state index contributed by atoms with van der Waals surface area (Å²) >= 11 is 3.21. The number of aromatic nitrogens is 2. The third kappa shape index (κ3) is 2.64. The Labute approximate surface area is 122 Å². The number of fused-ring (bicyclic) bond motifs is 1. The zero-order valence-electron chi connectivity index (χ0n) is 11.1. The van der Waals surface area contributed by atoms with Crippen LogP contribution in [0, 0.1) is 10.1 Å². The molecule has 0 amide bonds. The molecule has 0 radical (unpaired) electrons. The molecule has 0 atom stereocenters. The lowest BCUT2D eigenvalue weighted by atomic mass is 10.2. The Balaban J connectivity index is 2.60. The van der Waals surface area contributed by atoms with Crippen molar-refractivity contribution >= 4 is 38.7 Å². The van der Waals surface area contributed by atoms with Crippen molar-refractivity contribution in [1.82, 2.24) is 9.55 Å². The molecule has 0 aromatic carbocycles. The molecule has 0 saturated carbocycles. The number of rotatable bonds is 1. The summed E-state index contributed by atoms with van der Waals surface area (Å²) in [5.74, 6) is 0. The number of nitro groups is 1. The molecule has 0 aliphatic rings. The molecule has 7 nitrogen and oxygen atoms in total. The van der Waals surface area contributed by atoms with E-state index in [1.54, 1.807) is 20.8 Å². The molecule has 0 aliphatic carbocycles. The Bertz CT molecular complexity index is 703. The van der Waals surface area contributed by atoms with Gasteiger partial charge in [0.05, 0.1) is 9.40 Å². The Kier molecular flexibility index (Phi) is 3.51. The summed E-state index contributed by atoms with van der Waals surface area (Å²) in [6.07, 6.45) is 2.06. The van der Waals surface area contributed by atoms with E-state index in [-0.39, 0.29) is 16.7 Å². The maximum Gasteiger partial charge on any atom is 0.420 e. The lowest BCUT2D eigenvalue weighted by Crippen LogP contribution is -2.26. The van der Waals surface area contributed by atoms with E-state index < -0.39 is 16.6 Å². The molecule has 2 heterocycles. The highest BCUT2D eigenvalue weighted by atomic mass is 79.9. The fourth-order valence-electron chi connectivity index (χ4n) is 1.69. The summed E-state index contributed by atoms with van der Waals surface area (Å²) in [6.45, 7) is 5.21. The van der Waals surface area contributed by atoms with Crippen molar-refractivity contribution in [3.8, 4) is 0 Å². The van der Waals surface area contributed by atoms with Crippen LogP contribution in [0.5, 0.6) is 0 Å². The number of pyridine rings is 1. The number of carbonyl (C=O) groups is 1. The summed E-state index contributed by atoms with van der Waals surface area (Å²) in [7, 11) is 0. The van der Waals surface area contributed by atoms with E-state index in [4.69, 9.17) is 4.74 Å². The summed E-state index contributed by atoms with van der Waals surface area (Å²) in [6, 6.07) is 1.28. The molecular weight excluding hydrogens is 330 g/mol. The molecule has 2 rings (SSSR count). The monoisotopic (exact) mass is 341 g/mol. The maximum atomic E-state index is 12.1. The quantitative estimate of drug-likeness (QED) is 0.585. The lowest BCUT2D eigenvalue weighted by molar-refractivity contribution is -0.383. The van der Waals surface area contributed by atoms with E-state index in [0.717, 1.165) is 4.57 Å². The Morgan fingerprint density at radius 1 is 1.50 bits per heavy atom. The van der Waals surface area contributed by atoms with Gasteiger partial charge in [-0.3, -0.25) is 10.1 Å². The van der Waals surface area contributed by atoms with Gasteiger partial charge in [0.25, 0.3) is 5.69 Å². The van der Waals surface area contributed by atoms with Gasteiger partial charge in [0.15, 0.2) is 5.65 Å². The summed E-state index contributed by atoms with van der Waals surface area (Å²) in [5, 5.41) is 11.3. The molecule has 0 aliphatic heterocycles. The molecule has 2 aromatic heterocycles. The molecule has 2 aromatic rings. The average Bonchev–Trinajstić information content (AvgIpc) is 2.65. The zero-order valence-corrected chi connectivity index (χ0v) is 12.7. The second kappa shape index (κ2) is 4.86. The summed E-state index contributed by atoms with van der Waals surface area (Å²) in [5.41, 5.74) is -0.606. The Morgan fingerprint density at radius 2 is 2.15 bits per heavy atom. The van der Waals surface area contributed by atoms with Crippen LogP contribution in [0.1, 0.15) is 20.8 Å². The fraction of sp³-hybridized carbons (Fsp3) is 0.333. The minimum atomic E-state index is -0.666. The number of halogens is 1. The minimum absolute atomic E-state index is 0.121. The number of nitrogens with zero attached hydrogens (tertiary/aromatic N) is 3. The van der Waals surface area contributed by atoms with Crippen molar-refractivity contribution in [3.05, 3.63) is 33.0 Å². The molecule has 0 bridgehead atoms. The van der Waals surface area contributed by atoms with E-state index in [1.807, 2.05) is 0 Å².